The molecule has 2 heterocycles. The molecule has 3 aromatic rings. The number of ether oxygens (including phenoxy) is 1. The van der Waals surface area contributed by atoms with Crippen molar-refractivity contribution in [1.82, 2.24) is 15.0 Å². The molecule has 34 heavy (non-hydrogen) atoms. The monoisotopic (exact) mass is 476 g/mol. The van der Waals surface area contributed by atoms with E-state index in [1.807, 2.05) is 6.92 Å². The SMILES string of the molecule is CCOCCN(C)c1nc(N/N=C/c2cccc(-c3cccc(C(F)(F)CF)c3)n2)ncc1F. The second kappa shape index (κ2) is 11.5. The zero-order chi connectivity index (χ0) is 24.6. The highest BCUT2D eigenvalue weighted by molar-refractivity contribution is 5.79. The molecule has 0 radical (unpaired) electrons. The van der Waals surface area contributed by atoms with Crippen molar-refractivity contribution in [3.8, 4) is 11.3 Å². The Morgan fingerprint density at radius 2 is 1.97 bits per heavy atom. The Kier molecular flexibility index (Phi) is 8.47. The van der Waals surface area contributed by atoms with Gasteiger partial charge in [0.25, 0.3) is 0 Å². The van der Waals surface area contributed by atoms with Gasteiger partial charge >= 0.3 is 5.92 Å². The van der Waals surface area contributed by atoms with Crippen LogP contribution in [0.3, 0.4) is 0 Å². The molecule has 0 saturated heterocycles. The first kappa shape index (κ1) is 25.0. The van der Waals surface area contributed by atoms with Gasteiger partial charge in [-0.15, -0.1) is 0 Å². The number of alkyl halides is 3. The van der Waals surface area contributed by atoms with Gasteiger partial charge in [-0.25, -0.2) is 24.2 Å². The van der Waals surface area contributed by atoms with Crippen molar-refractivity contribution in [1.29, 1.82) is 0 Å². The Morgan fingerprint density at radius 1 is 1.18 bits per heavy atom. The fourth-order valence-electron chi connectivity index (χ4n) is 2.95. The van der Waals surface area contributed by atoms with Crippen molar-refractivity contribution >= 4 is 18.0 Å². The standard InChI is InChI=1S/C23H24F4N6O/c1-3-34-11-10-33(2)21-19(25)14-28-22(31-21)32-29-13-18-8-5-9-20(30-18)16-6-4-7-17(12-16)23(26,27)15-24/h4-9,12-14H,3,10-11,15H2,1-2H3,(H,28,31,32)/b29-13+. The van der Waals surface area contributed by atoms with E-state index >= 15 is 0 Å². The molecule has 7 nitrogen and oxygen atoms in total. The highest BCUT2D eigenvalue weighted by atomic mass is 19.3. The second-order valence-electron chi connectivity index (χ2n) is 7.22. The van der Waals surface area contributed by atoms with Crippen molar-refractivity contribution in [3.63, 3.8) is 0 Å². The fourth-order valence-corrected chi connectivity index (χ4v) is 2.95. The number of pyridine rings is 1. The molecule has 0 aliphatic rings. The summed E-state index contributed by atoms with van der Waals surface area (Å²) in [5.74, 6) is -3.97. The summed E-state index contributed by atoms with van der Waals surface area (Å²) in [5, 5.41) is 4.02. The molecule has 1 N–H and O–H groups in total. The van der Waals surface area contributed by atoms with Gasteiger partial charge in [0, 0.05) is 31.3 Å². The highest BCUT2D eigenvalue weighted by Crippen LogP contribution is 2.31. The third-order valence-corrected chi connectivity index (χ3v) is 4.74. The van der Waals surface area contributed by atoms with E-state index < -0.39 is 24.0 Å². The predicted molar refractivity (Wildman–Crippen MR) is 123 cm³/mol. The normalized spacial score (nSPS) is 11.7. The molecule has 0 unspecified atom stereocenters. The summed E-state index contributed by atoms with van der Waals surface area (Å²) in [6.45, 7) is 1.52. The zero-order valence-electron chi connectivity index (χ0n) is 18.7. The number of rotatable bonds is 11. The van der Waals surface area contributed by atoms with E-state index in [1.165, 1.54) is 24.4 Å². The number of nitrogens with zero attached hydrogens (tertiary/aromatic N) is 5. The van der Waals surface area contributed by atoms with Crippen LogP contribution in [0.25, 0.3) is 11.3 Å². The average Bonchev–Trinajstić information content (AvgIpc) is 2.85. The molecule has 180 valence electrons. The number of hydrogen-bond acceptors (Lipinski definition) is 7. The first-order valence-corrected chi connectivity index (χ1v) is 10.5. The second-order valence-corrected chi connectivity index (χ2v) is 7.22. The number of hydrogen-bond donors (Lipinski definition) is 1. The lowest BCUT2D eigenvalue weighted by Crippen LogP contribution is -2.25. The highest BCUT2D eigenvalue weighted by Gasteiger charge is 2.31. The Labute approximate surface area is 194 Å². The Balaban J connectivity index is 1.72. The number of aromatic nitrogens is 3. The van der Waals surface area contributed by atoms with Crippen LogP contribution in [0.1, 0.15) is 18.2 Å². The van der Waals surface area contributed by atoms with Crippen LogP contribution in [0.4, 0.5) is 29.3 Å². The van der Waals surface area contributed by atoms with Gasteiger partial charge in [0.2, 0.25) is 5.95 Å². The molecular formula is C23H24F4N6O. The number of nitrogens with one attached hydrogen (secondary N) is 1. The topological polar surface area (TPSA) is 75.5 Å². The van der Waals surface area contributed by atoms with Crippen LogP contribution in [-0.4, -0.2) is 54.6 Å². The summed E-state index contributed by atoms with van der Waals surface area (Å²) in [5.41, 5.74) is 3.44. The summed E-state index contributed by atoms with van der Waals surface area (Å²) in [6.07, 6.45) is 2.42. The minimum absolute atomic E-state index is 0.0771. The van der Waals surface area contributed by atoms with Crippen molar-refractivity contribution in [2.45, 2.75) is 12.8 Å². The summed E-state index contributed by atoms with van der Waals surface area (Å²) in [4.78, 5) is 14.0. The molecule has 1 aromatic carbocycles. The average molecular weight is 476 g/mol. The fraction of sp³-hybridized carbons (Fsp3) is 0.304. The Morgan fingerprint density at radius 3 is 2.74 bits per heavy atom. The number of anilines is 2. The lowest BCUT2D eigenvalue weighted by atomic mass is 10.0. The molecular weight excluding hydrogens is 452 g/mol. The summed E-state index contributed by atoms with van der Waals surface area (Å²) >= 11 is 0. The first-order valence-electron chi connectivity index (χ1n) is 10.5. The first-order chi connectivity index (χ1) is 16.3. The van der Waals surface area contributed by atoms with E-state index in [-0.39, 0.29) is 11.8 Å². The summed E-state index contributed by atoms with van der Waals surface area (Å²) < 4.78 is 59.4. The molecule has 0 amide bonds. The predicted octanol–water partition coefficient (Wildman–Crippen LogP) is 4.66. The Bertz CT molecular complexity index is 1130. The largest absolute Gasteiger partial charge is 0.380 e. The van der Waals surface area contributed by atoms with Gasteiger partial charge in [-0.1, -0.05) is 24.3 Å². The molecule has 0 spiro atoms. The minimum Gasteiger partial charge on any atom is -0.380 e. The van der Waals surface area contributed by atoms with Crippen molar-refractivity contribution in [2.24, 2.45) is 5.10 Å². The lowest BCUT2D eigenvalue weighted by molar-refractivity contribution is -0.0280. The zero-order valence-corrected chi connectivity index (χ0v) is 18.7. The quantitative estimate of drug-likeness (QED) is 0.188. The van der Waals surface area contributed by atoms with E-state index in [4.69, 9.17) is 4.74 Å². The molecule has 0 atom stereocenters. The molecule has 0 fully saturated rings. The van der Waals surface area contributed by atoms with Crippen LogP contribution in [0, 0.1) is 5.82 Å². The van der Waals surface area contributed by atoms with E-state index in [2.05, 4.69) is 25.5 Å². The molecule has 0 aliphatic heterocycles. The third kappa shape index (κ3) is 6.47. The lowest BCUT2D eigenvalue weighted by Gasteiger charge is -2.18. The maximum absolute atomic E-state index is 14.1. The summed E-state index contributed by atoms with van der Waals surface area (Å²) in [7, 11) is 1.69. The molecule has 3 rings (SSSR count). The van der Waals surface area contributed by atoms with E-state index in [1.54, 1.807) is 36.2 Å². The van der Waals surface area contributed by atoms with Crippen LogP contribution in [-0.2, 0) is 10.7 Å². The van der Waals surface area contributed by atoms with Gasteiger partial charge in [0.15, 0.2) is 18.3 Å². The molecule has 0 aliphatic carbocycles. The number of benzene rings is 1. The molecule has 0 saturated carbocycles. The van der Waals surface area contributed by atoms with Gasteiger partial charge in [-0.2, -0.15) is 18.9 Å². The van der Waals surface area contributed by atoms with Crippen LogP contribution < -0.4 is 10.3 Å². The maximum atomic E-state index is 14.1. The minimum atomic E-state index is -3.57. The van der Waals surface area contributed by atoms with E-state index in [0.717, 1.165) is 6.20 Å². The number of halogens is 4. The smallest absolute Gasteiger partial charge is 0.301 e. The number of likely N-dealkylation sites (N-methyl/N-ethyl adjacent to an activating group) is 1. The summed E-state index contributed by atoms with van der Waals surface area (Å²) in [6, 6.07) is 10.4. The van der Waals surface area contributed by atoms with E-state index in [0.29, 0.717) is 36.7 Å². The van der Waals surface area contributed by atoms with Gasteiger partial charge in [-0.05, 0) is 25.1 Å². The molecule has 2 aromatic heterocycles. The maximum Gasteiger partial charge on any atom is 0.301 e. The van der Waals surface area contributed by atoms with Crippen molar-refractivity contribution in [3.05, 3.63) is 65.7 Å². The van der Waals surface area contributed by atoms with Crippen LogP contribution in [0.2, 0.25) is 0 Å². The third-order valence-electron chi connectivity index (χ3n) is 4.74. The van der Waals surface area contributed by atoms with Gasteiger partial charge < -0.3 is 9.64 Å². The van der Waals surface area contributed by atoms with Gasteiger partial charge in [0.1, 0.15) is 0 Å². The number of hydrazone groups is 1. The van der Waals surface area contributed by atoms with Crippen molar-refractivity contribution in [2.75, 3.05) is 43.8 Å². The molecule has 0 bridgehead atoms. The van der Waals surface area contributed by atoms with Crippen LogP contribution in [0.5, 0.6) is 0 Å². The Hall–Kier alpha value is -3.60. The van der Waals surface area contributed by atoms with Gasteiger partial charge in [0.05, 0.1) is 30.4 Å². The molecule has 11 heteroatoms. The van der Waals surface area contributed by atoms with E-state index in [9.17, 15) is 17.6 Å². The van der Waals surface area contributed by atoms with Gasteiger partial charge in [-0.3, -0.25) is 0 Å². The van der Waals surface area contributed by atoms with Crippen LogP contribution >= 0.6 is 0 Å². The van der Waals surface area contributed by atoms with Crippen molar-refractivity contribution < 1.29 is 22.3 Å². The van der Waals surface area contributed by atoms with Crippen LogP contribution in [0.15, 0.2) is 53.8 Å².